The number of nitriles is 1. The number of allylic oxidation sites excluding steroid dienone is 1. The molecule has 1 aliphatic rings. The Morgan fingerprint density at radius 2 is 1.80 bits per heavy atom. The normalized spacial score (nSPS) is 16.2. The van der Waals surface area contributed by atoms with Crippen molar-refractivity contribution < 1.29 is 9.15 Å². The van der Waals surface area contributed by atoms with Crippen LogP contribution in [0.15, 0.2) is 75.3 Å². The lowest BCUT2D eigenvalue weighted by molar-refractivity contribution is 0.381. The van der Waals surface area contributed by atoms with Crippen LogP contribution in [0.25, 0.3) is 11.0 Å². The minimum atomic E-state index is -0.505. The van der Waals surface area contributed by atoms with Crippen molar-refractivity contribution in [1.29, 1.82) is 5.26 Å². The van der Waals surface area contributed by atoms with Crippen LogP contribution in [-0.2, 0) is 6.42 Å². The van der Waals surface area contributed by atoms with Crippen molar-refractivity contribution in [2.24, 2.45) is 5.73 Å². The largest absolute Gasteiger partial charge is 0.439 e. The number of hydrogen-bond donors (Lipinski definition) is 1. The summed E-state index contributed by atoms with van der Waals surface area (Å²) in [7, 11) is 0. The molecule has 1 aliphatic heterocycles. The Morgan fingerprint density at radius 1 is 1.08 bits per heavy atom. The molecule has 2 N–H and O–H groups in total. The molecule has 0 saturated heterocycles. The second kappa shape index (κ2) is 5.84. The fraction of sp³-hybridized carbons (Fsp3) is 0.100. The van der Waals surface area contributed by atoms with Gasteiger partial charge in [0.2, 0.25) is 5.88 Å². The summed E-state index contributed by atoms with van der Waals surface area (Å²) in [5.74, 6) is -0.0898. The maximum Gasteiger partial charge on any atom is 0.343 e. The molecule has 1 unspecified atom stereocenters. The molecule has 0 fully saturated rings. The average molecular weight is 330 g/mol. The van der Waals surface area contributed by atoms with E-state index in [-0.39, 0.29) is 11.5 Å². The molecule has 1 atom stereocenters. The van der Waals surface area contributed by atoms with E-state index in [9.17, 15) is 10.1 Å². The third-order valence-electron chi connectivity index (χ3n) is 4.38. The molecule has 1 aromatic heterocycles. The molecule has 122 valence electrons. The maximum atomic E-state index is 12.6. The number of nitrogens with zero attached hydrogens (tertiary/aromatic N) is 1. The van der Waals surface area contributed by atoms with Gasteiger partial charge in [-0.3, -0.25) is 0 Å². The summed E-state index contributed by atoms with van der Waals surface area (Å²) in [5, 5.41) is 10.2. The average Bonchev–Trinajstić information content (AvgIpc) is 2.62. The number of ether oxygens (including phenoxy) is 1. The zero-order valence-corrected chi connectivity index (χ0v) is 13.2. The van der Waals surface area contributed by atoms with E-state index in [1.165, 1.54) is 0 Å². The van der Waals surface area contributed by atoms with Crippen LogP contribution in [0.3, 0.4) is 0 Å². The smallest absolute Gasteiger partial charge is 0.343 e. The second-order valence-corrected chi connectivity index (χ2v) is 5.86. The molecule has 0 saturated carbocycles. The minimum Gasteiger partial charge on any atom is -0.439 e. The molecule has 2 aromatic carbocycles. The van der Waals surface area contributed by atoms with Gasteiger partial charge in [-0.25, -0.2) is 4.79 Å². The van der Waals surface area contributed by atoms with Gasteiger partial charge in [0.05, 0.1) is 16.5 Å². The molecular formula is C20H14N2O3. The number of hydrogen-bond acceptors (Lipinski definition) is 5. The predicted octanol–water partition coefficient (Wildman–Crippen LogP) is 3.21. The number of fused-ring (bicyclic) bond motifs is 3. The SMILES string of the molecule is N#CC1=C(N)Oc2c(c(=O)oc3ccccc23)C1Cc1ccccc1. The first-order valence-corrected chi connectivity index (χ1v) is 7.86. The van der Waals surface area contributed by atoms with Gasteiger partial charge in [-0.15, -0.1) is 0 Å². The molecule has 4 rings (SSSR count). The number of rotatable bonds is 2. The van der Waals surface area contributed by atoms with Gasteiger partial charge in [0.15, 0.2) is 5.75 Å². The van der Waals surface area contributed by atoms with E-state index in [0.717, 1.165) is 5.56 Å². The van der Waals surface area contributed by atoms with Gasteiger partial charge in [0.1, 0.15) is 11.7 Å². The van der Waals surface area contributed by atoms with E-state index in [1.807, 2.05) is 36.4 Å². The lowest BCUT2D eigenvalue weighted by Crippen LogP contribution is -2.26. The number of benzene rings is 2. The molecule has 3 aromatic rings. The van der Waals surface area contributed by atoms with E-state index < -0.39 is 11.5 Å². The van der Waals surface area contributed by atoms with Crippen molar-refractivity contribution >= 4 is 11.0 Å². The highest BCUT2D eigenvalue weighted by atomic mass is 16.5. The molecule has 0 spiro atoms. The van der Waals surface area contributed by atoms with E-state index in [0.29, 0.717) is 28.7 Å². The molecule has 0 amide bonds. The van der Waals surface area contributed by atoms with Gasteiger partial charge in [-0.2, -0.15) is 5.26 Å². The van der Waals surface area contributed by atoms with Crippen LogP contribution in [0.5, 0.6) is 5.75 Å². The Balaban J connectivity index is 1.96. The van der Waals surface area contributed by atoms with E-state index in [2.05, 4.69) is 6.07 Å². The van der Waals surface area contributed by atoms with Crippen LogP contribution in [0, 0.1) is 11.3 Å². The van der Waals surface area contributed by atoms with Gasteiger partial charge in [-0.05, 0) is 24.1 Å². The Hall–Kier alpha value is -3.52. The Labute approximate surface area is 143 Å². The molecular weight excluding hydrogens is 316 g/mol. The fourth-order valence-electron chi connectivity index (χ4n) is 3.21. The van der Waals surface area contributed by atoms with Gasteiger partial charge in [0, 0.05) is 5.92 Å². The first-order chi connectivity index (χ1) is 12.2. The van der Waals surface area contributed by atoms with E-state index >= 15 is 0 Å². The van der Waals surface area contributed by atoms with Crippen LogP contribution in [0.1, 0.15) is 17.0 Å². The van der Waals surface area contributed by atoms with E-state index in [4.69, 9.17) is 14.9 Å². The van der Waals surface area contributed by atoms with Crippen molar-refractivity contribution in [3.63, 3.8) is 0 Å². The summed E-state index contributed by atoms with van der Waals surface area (Å²) in [6, 6.07) is 18.8. The molecule has 25 heavy (non-hydrogen) atoms. The van der Waals surface area contributed by atoms with Crippen molar-refractivity contribution in [3.8, 4) is 11.8 Å². The maximum absolute atomic E-state index is 12.6. The third-order valence-corrected chi connectivity index (χ3v) is 4.38. The van der Waals surface area contributed by atoms with Crippen LogP contribution < -0.4 is 16.1 Å². The summed E-state index contributed by atoms with van der Waals surface area (Å²) in [6.45, 7) is 0. The fourth-order valence-corrected chi connectivity index (χ4v) is 3.21. The lowest BCUT2D eigenvalue weighted by Gasteiger charge is -2.25. The number of para-hydroxylation sites is 1. The Kier molecular flexibility index (Phi) is 3.51. The zero-order valence-electron chi connectivity index (χ0n) is 13.2. The van der Waals surface area contributed by atoms with Crippen molar-refractivity contribution in [2.75, 3.05) is 0 Å². The summed E-state index contributed by atoms with van der Waals surface area (Å²) in [4.78, 5) is 12.6. The van der Waals surface area contributed by atoms with Crippen molar-refractivity contribution in [1.82, 2.24) is 0 Å². The molecule has 0 radical (unpaired) electrons. The van der Waals surface area contributed by atoms with Gasteiger partial charge in [-0.1, -0.05) is 42.5 Å². The topological polar surface area (TPSA) is 89.3 Å². The summed E-state index contributed by atoms with van der Waals surface area (Å²) in [6.07, 6.45) is 0.462. The monoisotopic (exact) mass is 330 g/mol. The van der Waals surface area contributed by atoms with Crippen molar-refractivity contribution in [2.45, 2.75) is 12.3 Å². The highest BCUT2D eigenvalue weighted by molar-refractivity contribution is 5.85. The second-order valence-electron chi connectivity index (χ2n) is 5.86. The molecule has 0 bridgehead atoms. The summed E-state index contributed by atoms with van der Waals surface area (Å²) < 4.78 is 11.1. The summed E-state index contributed by atoms with van der Waals surface area (Å²) >= 11 is 0. The van der Waals surface area contributed by atoms with Crippen molar-refractivity contribution in [3.05, 3.63) is 87.6 Å². The quantitative estimate of drug-likeness (QED) is 0.729. The van der Waals surface area contributed by atoms with Crippen LogP contribution >= 0.6 is 0 Å². The number of nitrogens with two attached hydrogens (primary N) is 1. The van der Waals surface area contributed by atoms with Crippen LogP contribution in [0.2, 0.25) is 0 Å². The minimum absolute atomic E-state index is 0.0340. The highest BCUT2D eigenvalue weighted by Gasteiger charge is 2.34. The molecule has 5 heteroatoms. The van der Waals surface area contributed by atoms with Gasteiger partial charge >= 0.3 is 5.63 Å². The summed E-state index contributed by atoms with van der Waals surface area (Å²) in [5.41, 5.74) is 7.50. The first-order valence-electron chi connectivity index (χ1n) is 7.86. The van der Waals surface area contributed by atoms with Crippen LogP contribution in [-0.4, -0.2) is 0 Å². The highest BCUT2D eigenvalue weighted by Crippen LogP contribution is 2.41. The first kappa shape index (κ1) is 15.0. The third kappa shape index (κ3) is 2.45. The zero-order chi connectivity index (χ0) is 17.4. The molecule has 0 aliphatic carbocycles. The predicted molar refractivity (Wildman–Crippen MR) is 92.8 cm³/mol. The standard InChI is InChI=1S/C20H14N2O3/c21-11-15-14(10-12-6-2-1-3-7-12)17-18(25-19(15)22)13-8-4-5-9-16(13)24-20(17)23/h1-9,14H,10,22H2. The lowest BCUT2D eigenvalue weighted by atomic mass is 9.84. The molecule has 2 heterocycles. The van der Waals surface area contributed by atoms with Crippen LogP contribution in [0.4, 0.5) is 0 Å². The van der Waals surface area contributed by atoms with E-state index in [1.54, 1.807) is 18.2 Å². The Bertz CT molecular complexity index is 1090. The Morgan fingerprint density at radius 3 is 2.56 bits per heavy atom. The van der Waals surface area contributed by atoms with Gasteiger partial charge in [0.25, 0.3) is 0 Å². The molecule has 5 nitrogen and oxygen atoms in total. The van der Waals surface area contributed by atoms with Gasteiger partial charge < -0.3 is 14.9 Å².